The van der Waals surface area contributed by atoms with Gasteiger partial charge in [0.15, 0.2) is 15.1 Å². The van der Waals surface area contributed by atoms with E-state index in [0.29, 0.717) is 28.2 Å². The first-order chi connectivity index (χ1) is 18.1. The monoisotopic (exact) mass is 568 g/mol. The Morgan fingerprint density at radius 2 is 1.64 bits per heavy atom. The van der Waals surface area contributed by atoms with Crippen LogP contribution in [-0.2, 0) is 26.1 Å². The Kier molecular flexibility index (Phi) is 9.88. The van der Waals surface area contributed by atoms with E-state index in [0.717, 1.165) is 5.39 Å². The van der Waals surface area contributed by atoms with E-state index < -0.39 is 31.1 Å². The van der Waals surface area contributed by atoms with Crippen LogP contribution in [0.25, 0.3) is 23.1 Å². The Bertz CT molecular complexity index is 1850. The quantitative estimate of drug-likeness (QED) is 0.137. The second-order valence-corrected chi connectivity index (χ2v) is 10.7. The molecule has 0 N–H and O–H groups in total. The number of benzene rings is 2. The molecule has 39 heavy (non-hydrogen) atoms. The Morgan fingerprint density at radius 3 is 2.36 bits per heavy atom. The molecule has 0 bridgehead atoms. The van der Waals surface area contributed by atoms with Crippen LogP contribution < -0.4 is 39.0 Å². The second kappa shape index (κ2) is 12.7. The fourth-order valence-electron chi connectivity index (χ4n) is 3.98. The number of hydrogen-bond acceptors (Lipinski definition) is 7. The van der Waals surface area contributed by atoms with Gasteiger partial charge in [-0.15, -0.1) is 0 Å². The minimum Gasteiger partial charge on any atom is -0.743 e. The molecule has 0 fully saturated rings. The molecule has 0 spiro atoms. The summed E-state index contributed by atoms with van der Waals surface area (Å²) in [4.78, 5) is 1.26. The number of anilines is 1. The Hall–Kier alpha value is -3.27. The molecule has 0 saturated heterocycles. The number of pyridine rings is 1. The van der Waals surface area contributed by atoms with Crippen molar-refractivity contribution in [1.29, 1.82) is 0 Å². The van der Waals surface area contributed by atoms with Crippen molar-refractivity contribution in [3.05, 3.63) is 131 Å². The molecule has 1 aromatic heterocycles. The van der Waals surface area contributed by atoms with Gasteiger partial charge in [0.05, 0.1) is 5.69 Å². The third kappa shape index (κ3) is 7.44. The molecular formula is C28H21N2NaO6S2. The standard InChI is InChI=1S/C28H22N2O6S2.Na/c1-2-10-28(38(34,35)36)30-25(20-18-23-12-7-9-16-27(23)30)14-5-3-4-13-24-19-17-22-11-6-8-15-26(22)29(24)21-37(31,32)33;/h3-9,11-20H,1,21H2,(H-,31,32,33,34,35,36);/q;+1/p-1. The average Bonchev–Trinajstić information content (AvgIpc) is 2.86. The van der Waals surface area contributed by atoms with Gasteiger partial charge in [-0.1, -0.05) is 60.4 Å². The van der Waals surface area contributed by atoms with Crippen LogP contribution in [0, 0.1) is 0 Å². The molecular weight excluding hydrogens is 547 g/mol. The predicted molar refractivity (Wildman–Crippen MR) is 144 cm³/mol. The van der Waals surface area contributed by atoms with Crippen molar-refractivity contribution in [2.45, 2.75) is 5.88 Å². The number of nitrogens with zero attached hydrogens (tertiary/aromatic N) is 2. The third-order valence-electron chi connectivity index (χ3n) is 5.52. The van der Waals surface area contributed by atoms with E-state index in [1.807, 2.05) is 18.2 Å². The number of aromatic nitrogens is 1. The van der Waals surface area contributed by atoms with Crippen LogP contribution >= 0.6 is 0 Å². The SMILES string of the molecule is C=C=C=C(N1C(=CC=CC=Cc2ccc3ccccc3[n+]2CS(=O)(=O)[O-])C=Cc2ccccc21)S(=O)(=O)[O-].[Na+]. The van der Waals surface area contributed by atoms with Crippen LogP contribution in [0.1, 0.15) is 11.3 Å². The van der Waals surface area contributed by atoms with Crippen LogP contribution in [0.4, 0.5) is 5.69 Å². The summed E-state index contributed by atoms with van der Waals surface area (Å²) in [6.45, 7) is 3.35. The molecule has 11 heteroatoms. The van der Waals surface area contributed by atoms with E-state index in [1.54, 1.807) is 85.0 Å². The smallest absolute Gasteiger partial charge is 0.743 e. The van der Waals surface area contributed by atoms with Gasteiger partial charge in [0, 0.05) is 29.3 Å². The van der Waals surface area contributed by atoms with Crippen LogP contribution in [-0.4, -0.2) is 25.9 Å². The summed E-state index contributed by atoms with van der Waals surface area (Å²) in [5.74, 6) is -0.726. The zero-order valence-corrected chi connectivity index (χ0v) is 24.5. The summed E-state index contributed by atoms with van der Waals surface area (Å²) < 4.78 is 72.1. The van der Waals surface area contributed by atoms with Gasteiger partial charge in [0.2, 0.25) is 17.1 Å². The van der Waals surface area contributed by atoms with Gasteiger partial charge in [0.1, 0.15) is 10.1 Å². The van der Waals surface area contributed by atoms with Crippen molar-refractivity contribution < 1.29 is 60.1 Å². The zero-order chi connectivity index (χ0) is 27.3. The fraction of sp³-hybridized carbons (Fsp3) is 0.0357. The normalized spacial score (nSPS) is 14.3. The Balaban J connectivity index is 0.00000420. The summed E-state index contributed by atoms with van der Waals surface area (Å²) in [5.41, 5.74) is 7.20. The van der Waals surface area contributed by atoms with Crippen molar-refractivity contribution in [2.24, 2.45) is 0 Å². The summed E-state index contributed by atoms with van der Waals surface area (Å²) >= 11 is 0. The third-order valence-corrected chi connectivity index (χ3v) is 6.85. The van der Waals surface area contributed by atoms with Crippen LogP contribution in [0.5, 0.6) is 0 Å². The van der Waals surface area contributed by atoms with Crippen LogP contribution in [0.2, 0.25) is 0 Å². The molecule has 1 aliphatic rings. The molecule has 2 heterocycles. The largest absolute Gasteiger partial charge is 1.00 e. The van der Waals surface area contributed by atoms with E-state index in [4.69, 9.17) is 0 Å². The minimum atomic E-state index is -4.92. The number of fused-ring (bicyclic) bond motifs is 2. The molecule has 2 aromatic carbocycles. The molecule has 0 radical (unpaired) electrons. The van der Waals surface area contributed by atoms with E-state index in [9.17, 15) is 25.9 Å². The number of allylic oxidation sites excluding steroid dienone is 5. The van der Waals surface area contributed by atoms with Crippen molar-refractivity contribution in [3.63, 3.8) is 0 Å². The minimum absolute atomic E-state index is 0. The maximum absolute atomic E-state index is 12.0. The first-order valence-electron chi connectivity index (χ1n) is 11.2. The Labute approximate surface area is 249 Å². The van der Waals surface area contributed by atoms with Crippen LogP contribution in [0.15, 0.2) is 120 Å². The van der Waals surface area contributed by atoms with Gasteiger partial charge in [0.25, 0.3) is 0 Å². The van der Waals surface area contributed by atoms with Crippen molar-refractivity contribution >= 4 is 49.0 Å². The summed E-state index contributed by atoms with van der Waals surface area (Å²) in [6.07, 6.45) is 11.6. The number of para-hydroxylation sites is 2. The number of rotatable bonds is 7. The van der Waals surface area contributed by atoms with Crippen LogP contribution in [0.3, 0.4) is 0 Å². The van der Waals surface area contributed by atoms with Crippen molar-refractivity contribution in [1.82, 2.24) is 0 Å². The Morgan fingerprint density at radius 1 is 0.923 bits per heavy atom. The van der Waals surface area contributed by atoms with Gasteiger partial charge in [-0.2, -0.15) is 4.57 Å². The van der Waals surface area contributed by atoms with E-state index in [1.165, 1.54) is 9.47 Å². The van der Waals surface area contributed by atoms with Gasteiger partial charge < -0.3 is 9.11 Å². The van der Waals surface area contributed by atoms with Gasteiger partial charge >= 0.3 is 29.6 Å². The maximum atomic E-state index is 12.0. The summed E-state index contributed by atoms with van der Waals surface area (Å²) in [6, 6.07) is 17.6. The van der Waals surface area contributed by atoms with Crippen molar-refractivity contribution in [2.75, 3.05) is 4.90 Å². The average molecular weight is 569 g/mol. The van der Waals surface area contributed by atoms with Gasteiger partial charge in [-0.05, 0) is 48.2 Å². The summed E-state index contributed by atoms with van der Waals surface area (Å²) in [5, 5.41) is 0.138. The molecule has 0 atom stereocenters. The topological polar surface area (TPSA) is 122 Å². The summed E-state index contributed by atoms with van der Waals surface area (Å²) in [7, 11) is -9.47. The molecule has 0 aliphatic carbocycles. The van der Waals surface area contributed by atoms with E-state index in [-0.39, 0.29) is 29.6 Å². The molecule has 0 saturated carbocycles. The van der Waals surface area contributed by atoms with Gasteiger partial charge in [-0.25, -0.2) is 16.8 Å². The molecule has 192 valence electrons. The molecule has 3 aromatic rings. The fourth-order valence-corrected chi connectivity index (χ4v) is 5.21. The first kappa shape index (κ1) is 30.3. The van der Waals surface area contributed by atoms with E-state index in [2.05, 4.69) is 18.0 Å². The molecule has 1 aliphatic heterocycles. The van der Waals surface area contributed by atoms with E-state index >= 15 is 0 Å². The maximum Gasteiger partial charge on any atom is 1.00 e. The zero-order valence-electron chi connectivity index (χ0n) is 20.9. The second-order valence-electron chi connectivity index (χ2n) is 8.06. The molecule has 8 nitrogen and oxygen atoms in total. The molecule has 0 amide bonds. The molecule has 0 unspecified atom stereocenters. The van der Waals surface area contributed by atoms with Crippen molar-refractivity contribution in [3.8, 4) is 0 Å². The predicted octanol–water partition coefficient (Wildman–Crippen LogP) is 0.947. The first-order valence-corrected chi connectivity index (χ1v) is 14.2. The van der Waals surface area contributed by atoms with Gasteiger partial charge in [-0.3, -0.25) is 4.90 Å². The number of hydrogen-bond donors (Lipinski definition) is 0. The molecule has 4 rings (SSSR count).